The van der Waals surface area contributed by atoms with Gasteiger partial charge in [-0.3, -0.25) is 9.78 Å². The Kier molecular flexibility index (Phi) is 4.23. The summed E-state index contributed by atoms with van der Waals surface area (Å²) in [5.74, 6) is -0.0451. The summed E-state index contributed by atoms with van der Waals surface area (Å²) in [6, 6.07) is 3.76. The van der Waals surface area contributed by atoms with E-state index in [9.17, 15) is 4.79 Å². The molecule has 94 valence electrons. The van der Waals surface area contributed by atoms with E-state index in [2.05, 4.69) is 10.3 Å². The van der Waals surface area contributed by atoms with Crippen LogP contribution >= 0.6 is 0 Å². The molecule has 0 aromatic carbocycles. The van der Waals surface area contributed by atoms with Gasteiger partial charge in [0.05, 0.1) is 16.8 Å². The Morgan fingerprint density at radius 1 is 1.47 bits per heavy atom. The third-order valence-electron chi connectivity index (χ3n) is 3.25. The van der Waals surface area contributed by atoms with Crippen molar-refractivity contribution in [2.24, 2.45) is 11.1 Å². The Morgan fingerprint density at radius 3 is 2.59 bits per heavy atom. The van der Waals surface area contributed by atoms with Gasteiger partial charge in [-0.05, 0) is 39.3 Å². The van der Waals surface area contributed by atoms with Crippen molar-refractivity contribution in [1.82, 2.24) is 4.98 Å². The van der Waals surface area contributed by atoms with E-state index in [0.717, 1.165) is 17.1 Å². The molecule has 1 aromatic rings. The van der Waals surface area contributed by atoms with Crippen LogP contribution in [0.5, 0.6) is 0 Å². The zero-order valence-electron chi connectivity index (χ0n) is 11.0. The first-order valence-corrected chi connectivity index (χ1v) is 5.88. The molecule has 0 aliphatic carbocycles. The largest absolute Gasteiger partial charge is 0.329 e. The van der Waals surface area contributed by atoms with Crippen molar-refractivity contribution >= 4 is 11.6 Å². The van der Waals surface area contributed by atoms with Gasteiger partial charge in [0.2, 0.25) is 5.91 Å². The molecule has 0 bridgehead atoms. The van der Waals surface area contributed by atoms with Gasteiger partial charge < -0.3 is 11.1 Å². The van der Waals surface area contributed by atoms with Crippen molar-refractivity contribution in [2.75, 3.05) is 11.9 Å². The molecule has 1 atom stereocenters. The maximum absolute atomic E-state index is 12.1. The number of hydrogen-bond donors (Lipinski definition) is 2. The highest BCUT2D eigenvalue weighted by Crippen LogP contribution is 2.23. The molecule has 1 unspecified atom stereocenters. The first kappa shape index (κ1) is 13.6. The van der Waals surface area contributed by atoms with Crippen LogP contribution < -0.4 is 11.1 Å². The normalized spacial score (nSPS) is 14.2. The molecule has 0 saturated carbocycles. The highest BCUT2D eigenvalue weighted by molar-refractivity contribution is 5.95. The van der Waals surface area contributed by atoms with Crippen LogP contribution in [0.4, 0.5) is 5.69 Å². The molecule has 1 rings (SSSR count). The molecule has 0 aliphatic rings. The van der Waals surface area contributed by atoms with Gasteiger partial charge in [0, 0.05) is 12.2 Å². The first-order valence-electron chi connectivity index (χ1n) is 5.88. The minimum Gasteiger partial charge on any atom is -0.329 e. The van der Waals surface area contributed by atoms with E-state index in [4.69, 9.17) is 5.73 Å². The standard InChI is InChI=1S/C13H21N3O/c1-5-13(4,8-14)12(17)16-11-7-6-9(2)15-10(11)3/h6-7H,5,8,14H2,1-4H3,(H,16,17). The molecule has 4 nitrogen and oxygen atoms in total. The number of nitrogens with two attached hydrogens (primary N) is 1. The molecule has 1 amide bonds. The van der Waals surface area contributed by atoms with Crippen LogP contribution in [-0.2, 0) is 4.79 Å². The molecule has 1 heterocycles. The van der Waals surface area contributed by atoms with Gasteiger partial charge in [0.1, 0.15) is 0 Å². The fourth-order valence-corrected chi connectivity index (χ4v) is 1.49. The maximum atomic E-state index is 12.1. The third-order valence-corrected chi connectivity index (χ3v) is 3.25. The summed E-state index contributed by atoms with van der Waals surface area (Å²) in [6.45, 7) is 7.99. The SMILES string of the molecule is CCC(C)(CN)C(=O)Nc1ccc(C)nc1C. The zero-order chi connectivity index (χ0) is 13.1. The second-order valence-electron chi connectivity index (χ2n) is 4.66. The molecular weight excluding hydrogens is 214 g/mol. The average Bonchev–Trinajstić information content (AvgIpc) is 2.31. The Morgan fingerprint density at radius 2 is 2.12 bits per heavy atom. The number of anilines is 1. The summed E-state index contributed by atoms with van der Waals surface area (Å²) in [5.41, 5.74) is 7.67. The number of rotatable bonds is 4. The van der Waals surface area contributed by atoms with Gasteiger partial charge in [-0.2, -0.15) is 0 Å². The Labute approximate surface area is 103 Å². The van der Waals surface area contributed by atoms with E-state index in [1.807, 2.05) is 39.8 Å². The Balaban J connectivity index is 2.88. The lowest BCUT2D eigenvalue weighted by atomic mass is 9.86. The first-order chi connectivity index (χ1) is 7.92. The van der Waals surface area contributed by atoms with Crippen LogP contribution in [0.25, 0.3) is 0 Å². The number of carbonyl (C=O) groups excluding carboxylic acids is 1. The van der Waals surface area contributed by atoms with E-state index in [1.54, 1.807) is 0 Å². The molecule has 0 aliphatic heterocycles. The molecule has 1 aromatic heterocycles. The van der Waals surface area contributed by atoms with E-state index < -0.39 is 5.41 Å². The second-order valence-corrected chi connectivity index (χ2v) is 4.66. The van der Waals surface area contributed by atoms with Crippen LogP contribution in [0, 0.1) is 19.3 Å². The predicted octanol–water partition coefficient (Wildman–Crippen LogP) is 2.01. The van der Waals surface area contributed by atoms with Crippen molar-refractivity contribution in [3.63, 3.8) is 0 Å². The smallest absolute Gasteiger partial charge is 0.231 e. The summed E-state index contributed by atoms with van der Waals surface area (Å²) in [7, 11) is 0. The van der Waals surface area contributed by atoms with Crippen LogP contribution in [0.15, 0.2) is 12.1 Å². The number of hydrogen-bond acceptors (Lipinski definition) is 3. The number of pyridine rings is 1. The summed E-state index contributed by atoms with van der Waals surface area (Å²) in [6.07, 6.45) is 0.716. The maximum Gasteiger partial charge on any atom is 0.231 e. The summed E-state index contributed by atoms with van der Waals surface area (Å²) in [4.78, 5) is 16.4. The molecule has 3 N–H and O–H groups in total. The molecule has 0 fully saturated rings. The van der Waals surface area contributed by atoms with Crippen LogP contribution in [0.2, 0.25) is 0 Å². The molecule has 0 saturated heterocycles. The minimum atomic E-state index is -0.517. The Bertz CT molecular complexity index is 411. The minimum absolute atomic E-state index is 0.0451. The fourth-order valence-electron chi connectivity index (χ4n) is 1.49. The second kappa shape index (κ2) is 5.27. The number of nitrogens with zero attached hydrogens (tertiary/aromatic N) is 1. The fraction of sp³-hybridized carbons (Fsp3) is 0.538. The summed E-state index contributed by atoms with van der Waals surface area (Å²) in [5, 5.41) is 2.90. The molecule has 0 spiro atoms. The Hall–Kier alpha value is -1.42. The van der Waals surface area contributed by atoms with Crippen molar-refractivity contribution < 1.29 is 4.79 Å². The van der Waals surface area contributed by atoms with Crippen LogP contribution in [0.1, 0.15) is 31.7 Å². The molecule has 4 heteroatoms. The van der Waals surface area contributed by atoms with Gasteiger partial charge in [0.25, 0.3) is 0 Å². The molecule has 0 radical (unpaired) electrons. The number of nitrogens with one attached hydrogen (secondary N) is 1. The van der Waals surface area contributed by atoms with Crippen molar-refractivity contribution in [3.05, 3.63) is 23.5 Å². The number of amides is 1. The van der Waals surface area contributed by atoms with Gasteiger partial charge in [0.15, 0.2) is 0 Å². The predicted molar refractivity (Wildman–Crippen MR) is 69.8 cm³/mol. The highest BCUT2D eigenvalue weighted by atomic mass is 16.2. The highest BCUT2D eigenvalue weighted by Gasteiger charge is 2.29. The summed E-state index contributed by atoms with van der Waals surface area (Å²) >= 11 is 0. The number of aryl methyl sites for hydroxylation is 2. The quantitative estimate of drug-likeness (QED) is 0.838. The molecule has 17 heavy (non-hydrogen) atoms. The van der Waals surface area contributed by atoms with Gasteiger partial charge in [-0.1, -0.05) is 6.92 Å². The summed E-state index contributed by atoms with van der Waals surface area (Å²) < 4.78 is 0. The van der Waals surface area contributed by atoms with Crippen molar-refractivity contribution in [2.45, 2.75) is 34.1 Å². The lowest BCUT2D eigenvalue weighted by Crippen LogP contribution is -2.39. The topological polar surface area (TPSA) is 68.0 Å². The van der Waals surface area contributed by atoms with Crippen LogP contribution in [-0.4, -0.2) is 17.4 Å². The van der Waals surface area contributed by atoms with Gasteiger partial charge in [-0.15, -0.1) is 0 Å². The van der Waals surface area contributed by atoms with E-state index in [0.29, 0.717) is 13.0 Å². The van der Waals surface area contributed by atoms with E-state index in [-0.39, 0.29) is 5.91 Å². The lowest BCUT2D eigenvalue weighted by Gasteiger charge is -2.25. The van der Waals surface area contributed by atoms with Gasteiger partial charge in [-0.25, -0.2) is 0 Å². The number of carbonyl (C=O) groups is 1. The lowest BCUT2D eigenvalue weighted by molar-refractivity contribution is -0.124. The van der Waals surface area contributed by atoms with Crippen molar-refractivity contribution in [1.29, 1.82) is 0 Å². The van der Waals surface area contributed by atoms with Crippen LogP contribution in [0.3, 0.4) is 0 Å². The van der Waals surface area contributed by atoms with Gasteiger partial charge >= 0.3 is 0 Å². The van der Waals surface area contributed by atoms with E-state index in [1.165, 1.54) is 0 Å². The number of aromatic nitrogens is 1. The average molecular weight is 235 g/mol. The molecular formula is C13H21N3O. The van der Waals surface area contributed by atoms with E-state index >= 15 is 0 Å². The monoisotopic (exact) mass is 235 g/mol. The van der Waals surface area contributed by atoms with Crippen molar-refractivity contribution in [3.8, 4) is 0 Å². The third kappa shape index (κ3) is 3.03. The zero-order valence-corrected chi connectivity index (χ0v) is 11.0.